The largest absolute Gasteiger partial charge is 0.384 e. The number of hydrogen-bond acceptors (Lipinski definition) is 4. The van der Waals surface area contributed by atoms with Crippen molar-refractivity contribution in [2.45, 2.75) is 31.6 Å². The van der Waals surface area contributed by atoms with Crippen molar-refractivity contribution in [3.05, 3.63) is 35.9 Å². The van der Waals surface area contributed by atoms with Crippen LogP contribution < -0.4 is 5.32 Å². The van der Waals surface area contributed by atoms with Gasteiger partial charge >= 0.3 is 0 Å². The average Bonchev–Trinajstić information content (AvgIpc) is 2.46. The van der Waals surface area contributed by atoms with Gasteiger partial charge in [-0.2, -0.15) is 0 Å². The predicted molar refractivity (Wildman–Crippen MR) is 82.6 cm³/mol. The van der Waals surface area contributed by atoms with E-state index in [4.69, 9.17) is 4.74 Å². The molecule has 0 aliphatic heterocycles. The van der Waals surface area contributed by atoms with E-state index in [1.807, 2.05) is 30.3 Å². The molecule has 114 valence electrons. The lowest BCUT2D eigenvalue weighted by molar-refractivity contribution is 0.216. The van der Waals surface area contributed by atoms with Gasteiger partial charge < -0.3 is 10.1 Å². The standard InChI is InChI=1S/C15H25NO3S/c1-4-10-16-15(14-8-6-5-7-9-14)13(2)20(17,18)12-11-19-3/h5-9,13,15-16H,4,10-12H2,1-3H3. The first-order chi connectivity index (χ1) is 9.53. The number of ether oxygens (including phenoxy) is 1. The van der Waals surface area contributed by atoms with Crippen LogP contribution in [0.15, 0.2) is 30.3 Å². The molecule has 0 radical (unpaired) electrons. The van der Waals surface area contributed by atoms with Crippen LogP contribution in [0, 0.1) is 0 Å². The lowest BCUT2D eigenvalue weighted by Gasteiger charge is -2.25. The molecule has 1 aromatic rings. The van der Waals surface area contributed by atoms with Gasteiger partial charge in [0.15, 0.2) is 9.84 Å². The van der Waals surface area contributed by atoms with Gasteiger partial charge in [0, 0.05) is 13.2 Å². The highest BCUT2D eigenvalue weighted by atomic mass is 32.2. The smallest absolute Gasteiger partial charge is 0.157 e. The second kappa shape index (κ2) is 8.39. The zero-order chi connectivity index (χ0) is 15.0. The van der Waals surface area contributed by atoms with Crippen molar-refractivity contribution in [3.63, 3.8) is 0 Å². The van der Waals surface area contributed by atoms with Crippen molar-refractivity contribution in [2.24, 2.45) is 0 Å². The summed E-state index contributed by atoms with van der Waals surface area (Å²) < 4.78 is 29.6. The van der Waals surface area contributed by atoms with Gasteiger partial charge in [-0.3, -0.25) is 0 Å². The first-order valence-corrected chi connectivity index (χ1v) is 8.73. The second-order valence-electron chi connectivity index (χ2n) is 4.91. The summed E-state index contributed by atoms with van der Waals surface area (Å²) in [5.41, 5.74) is 1.01. The van der Waals surface area contributed by atoms with Crippen LogP contribution in [-0.4, -0.2) is 39.7 Å². The van der Waals surface area contributed by atoms with Crippen molar-refractivity contribution >= 4 is 9.84 Å². The molecule has 0 saturated heterocycles. The Kier molecular flexibility index (Phi) is 7.19. The molecule has 0 aliphatic rings. The summed E-state index contributed by atoms with van der Waals surface area (Å²) in [6.45, 7) is 4.87. The Labute approximate surface area is 122 Å². The van der Waals surface area contributed by atoms with E-state index < -0.39 is 15.1 Å². The fourth-order valence-corrected chi connectivity index (χ4v) is 3.55. The fraction of sp³-hybridized carbons (Fsp3) is 0.600. The van der Waals surface area contributed by atoms with Crippen LogP contribution in [0.5, 0.6) is 0 Å². The molecule has 1 aromatic carbocycles. The van der Waals surface area contributed by atoms with Crippen LogP contribution in [-0.2, 0) is 14.6 Å². The van der Waals surface area contributed by atoms with Crippen LogP contribution >= 0.6 is 0 Å². The lowest BCUT2D eigenvalue weighted by atomic mass is 10.0. The topological polar surface area (TPSA) is 55.4 Å². The van der Waals surface area contributed by atoms with Gasteiger partial charge in [0.1, 0.15) is 0 Å². The van der Waals surface area contributed by atoms with Gasteiger partial charge in [-0.25, -0.2) is 8.42 Å². The molecular weight excluding hydrogens is 274 g/mol. The van der Waals surface area contributed by atoms with E-state index in [1.54, 1.807) is 6.92 Å². The Bertz CT molecular complexity index is 473. The first-order valence-electron chi connectivity index (χ1n) is 7.01. The molecule has 2 unspecified atom stereocenters. The van der Waals surface area contributed by atoms with E-state index in [9.17, 15) is 8.42 Å². The maximum atomic E-state index is 12.3. The lowest BCUT2D eigenvalue weighted by Crippen LogP contribution is -2.37. The maximum absolute atomic E-state index is 12.3. The minimum Gasteiger partial charge on any atom is -0.384 e. The maximum Gasteiger partial charge on any atom is 0.157 e. The molecule has 0 bridgehead atoms. The zero-order valence-corrected chi connectivity index (χ0v) is 13.3. The Morgan fingerprint density at radius 1 is 1.25 bits per heavy atom. The van der Waals surface area contributed by atoms with Crippen molar-refractivity contribution in [3.8, 4) is 0 Å². The summed E-state index contributed by atoms with van der Waals surface area (Å²) in [6, 6.07) is 9.56. The summed E-state index contributed by atoms with van der Waals surface area (Å²) in [6.07, 6.45) is 0.966. The highest BCUT2D eigenvalue weighted by Gasteiger charge is 2.29. The summed E-state index contributed by atoms with van der Waals surface area (Å²) in [5.74, 6) is 0.0573. The summed E-state index contributed by atoms with van der Waals surface area (Å²) >= 11 is 0. The molecular formula is C15H25NO3S. The molecule has 0 aliphatic carbocycles. The SMILES string of the molecule is CCCNC(c1ccccc1)C(C)S(=O)(=O)CCOC. The molecule has 0 fully saturated rings. The molecule has 0 saturated carbocycles. The Morgan fingerprint density at radius 2 is 1.90 bits per heavy atom. The third kappa shape index (κ3) is 4.89. The van der Waals surface area contributed by atoms with E-state index in [2.05, 4.69) is 12.2 Å². The van der Waals surface area contributed by atoms with E-state index in [0.717, 1.165) is 18.5 Å². The van der Waals surface area contributed by atoms with Gasteiger partial charge in [-0.15, -0.1) is 0 Å². The van der Waals surface area contributed by atoms with E-state index in [0.29, 0.717) is 0 Å². The highest BCUT2D eigenvalue weighted by molar-refractivity contribution is 7.92. The highest BCUT2D eigenvalue weighted by Crippen LogP contribution is 2.22. The third-order valence-corrected chi connectivity index (χ3v) is 5.52. The minimum atomic E-state index is -3.19. The monoisotopic (exact) mass is 299 g/mol. The minimum absolute atomic E-state index is 0.0573. The van der Waals surface area contributed by atoms with Crippen LogP contribution in [0.2, 0.25) is 0 Å². The molecule has 5 heteroatoms. The molecule has 0 heterocycles. The van der Waals surface area contributed by atoms with E-state index >= 15 is 0 Å². The summed E-state index contributed by atoms with van der Waals surface area (Å²) in [4.78, 5) is 0. The first kappa shape index (κ1) is 17.1. The number of hydrogen-bond donors (Lipinski definition) is 1. The average molecular weight is 299 g/mol. The van der Waals surface area contributed by atoms with Crippen molar-refractivity contribution < 1.29 is 13.2 Å². The van der Waals surface area contributed by atoms with Gasteiger partial charge in [-0.05, 0) is 25.5 Å². The van der Waals surface area contributed by atoms with Crippen molar-refractivity contribution in [1.29, 1.82) is 0 Å². The van der Waals surface area contributed by atoms with E-state index in [-0.39, 0.29) is 18.4 Å². The van der Waals surface area contributed by atoms with Gasteiger partial charge in [-0.1, -0.05) is 37.3 Å². The predicted octanol–water partition coefficient (Wildman–Crippen LogP) is 2.18. The Morgan fingerprint density at radius 3 is 2.45 bits per heavy atom. The molecule has 0 aromatic heterocycles. The molecule has 4 nitrogen and oxygen atoms in total. The third-order valence-electron chi connectivity index (χ3n) is 3.38. The van der Waals surface area contributed by atoms with Gasteiger partial charge in [0.25, 0.3) is 0 Å². The molecule has 20 heavy (non-hydrogen) atoms. The van der Waals surface area contributed by atoms with Crippen LogP contribution in [0.25, 0.3) is 0 Å². The molecule has 1 N–H and O–H groups in total. The van der Waals surface area contributed by atoms with Crippen LogP contribution in [0.3, 0.4) is 0 Å². The summed E-state index contributed by atoms with van der Waals surface area (Å²) in [7, 11) is -1.67. The van der Waals surface area contributed by atoms with Crippen LogP contribution in [0.1, 0.15) is 31.9 Å². The fourth-order valence-electron chi connectivity index (χ4n) is 2.11. The Hall–Kier alpha value is -0.910. The molecule has 1 rings (SSSR count). The molecule has 0 spiro atoms. The van der Waals surface area contributed by atoms with Gasteiger partial charge in [0.05, 0.1) is 17.6 Å². The number of methoxy groups -OCH3 is 1. The van der Waals surface area contributed by atoms with Crippen LogP contribution in [0.4, 0.5) is 0 Å². The molecule has 2 atom stereocenters. The van der Waals surface area contributed by atoms with Crippen molar-refractivity contribution in [2.75, 3.05) is 26.0 Å². The Balaban J connectivity index is 2.93. The zero-order valence-electron chi connectivity index (χ0n) is 12.5. The van der Waals surface area contributed by atoms with E-state index in [1.165, 1.54) is 7.11 Å². The quantitative estimate of drug-likeness (QED) is 0.759. The number of nitrogens with one attached hydrogen (secondary N) is 1. The van der Waals surface area contributed by atoms with Gasteiger partial charge in [0.2, 0.25) is 0 Å². The number of sulfone groups is 1. The number of rotatable bonds is 9. The second-order valence-corrected chi connectivity index (χ2v) is 7.38. The molecule has 0 amide bonds. The number of benzene rings is 1. The van der Waals surface area contributed by atoms with Crippen molar-refractivity contribution in [1.82, 2.24) is 5.32 Å². The normalized spacial score (nSPS) is 14.9. The summed E-state index contributed by atoms with van der Waals surface area (Å²) in [5, 5.41) is 2.87.